The molecule has 0 radical (unpaired) electrons. The molecule has 4 heteroatoms. The summed E-state index contributed by atoms with van der Waals surface area (Å²) >= 11 is 5.83. The van der Waals surface area contributed by atoms with Crippen LogP contribution >= 0.6 is 11.6 Å². The average molecular weight is 200 g/mol. The van der Waals surface area contributed by atoms with Gasteiger partial charge in [0.05, 0.1) is 11.9 Å². The van der Waals surface area contributed by atoms with Gasteiger partial charge in [-0.05, 0) is 29.9 Å². The Bertz CT molecular complexity index is 321. The van der Waals surface area contributed by atoms with E-state index in [0.717, 1.165) is 11.6 Å². The molecule has 72 valence electrons. The SMILES string of the molecule is CC1CC1C(N)c1cnc(Cl)n1C. The summed E-state index contributed by atoms with van der Waals surface area (Å²) in [6.07, 6.45) is 3.00. The van der Waals surface area contributed by atoms with Crippen LogP contribution in [0.25, 0.3) is 0 Å². The van der Waals surface area contributed by atoms with E-state index < -0.39 is 0 Å². The lowest BCUT2D eigenvalue weighted by Gasteiger charge is -2.11. The zero-order valence-corrected chi connectivity index (χ0v) is 8.62. The van der Waals surface area contributed by atoms with Gasteiger partial charge in [-0.25, -0.2) is 4.98 Å². The van der Waals surface area contributed by atoms with Crippen molar-refractivity contribution in [2.45, 2.75) is 19.4 Å². The monoisotopic (exact) mass is 199 g/mol. The van der Waals surface area contributed by atoms with E-state index in [9.17, 15) is 0 Å². The molecule has 0 bridgehead atoms. The van der Waals surface area contributed by atoms with Gasteiger partial charge in [0.2, 0.25) is 5.28 Å². The lowest BCUT2D eigenvalue weighted by atomic mass is 10.1. The van der Waals surface area contributed by atoms with Gasteiger partial charge in [0.15, 0.2) is 0 Å². The zero-order valence-electron chi connectivity index (χ0n) is 7.87. The summed E-state index contributed by atoms with van der Waals surface area (Å²) in [6.45, 7) is 2.22. The number of nitrogens with zero attached hydrogens (tertiary/aromatic N) is 2. The van der Waals surface area contributed by atoms with Crippen LogP contribution in [0.15, 0.2) is 6.20 Å². The minimum atomic E-state index is 0.0972. The molecule has 1 saturated carbocycles. The fraction of sp³-hybridized carbons (Fsp3) is 0.667. The Labute approximate surface area is 82.9 Å². The first-order valence-corrected chi connectivity index (χ1v) is 4.91. The third-order valence-electron chi connectivity index (χ3n) is 2.94. The van der Waals surface area contributed by atoms with E-state index in [0.29, 0.717) is 11.2 Å². The molecule has 3 atom stereocenters. The second kappa shape index (κ2) is 3.00. The Balaban J connectivity index is 2.20. The Morgan fingerprint density at radius 2 is 2.38 bits per heavy atom. The number of halogens is 1. The largest absolute Gasteiger partial charge is 0.322 e. The van der Waals surface area contributed by atoms with Crippen LogP contribution in [0.3, 0.4) is 0 Å². The van der Waals surface area contributed by atoms with Crippen LogP contribution in [0, 0.1) is 11.8 Å². The number of rotatable bonds is 2. The Morgan fingerprint density at radius 3 is 2.77 bits per heavy atom. The van der Waals surface area contributed by atoms with Crippen molar-refractivity contribution in [2.24, 2.45) is 24.6 Å². The zero-order chi connectivity index (χ0) is 9.59. The van der Waals surface area contributed by atoms with E-state index in [1.165, 1.54) is 6.42 Å². The minimum absolute atomic E-state index is 0.0972. The van der Waals surface area contributed by atoms with Crippen molar-refractivity contribution < 1.29 is 0 Å². The van der Waals surface area contributed by atoms with Crippen LogP contribution in [-0.2, 0) is 7.05 Å². The lowest BCUT2D eigenvalue weighted by Crippen LogP contribution is -2.16. The molecule has 0 saturated heterocycles. The van der Waals surface area contributed by atoms with Crippen molar-refractivity contribution in [2.75, 3.05) is 0 Å². The van der Waals surface area contributed by atoms with Crippen molar-refractivity contribution in [1.29, 1.82) is 0 Å². The predicted molar refractivity (Wildman–Crippen MR) is 52.4 cm³/mol. The number of nitrogens with two attached hydrogens (primary N) is 1. The smallest absolute Gasteiger partial charge is 0.202 e. The Kier molecular flexibility index (Phi) is 2.08. The van der Waals surface area contributed by atoms with Crippen molar-refractivity contribution >= 4 is 11.6 Å². The standard InChI is InChI=1S/C9H14ClN3/c1-5-3-6(5)8(11)7-4-12-9(10)13(7)2/h4-6,8H,3,11H2,1-2H3. The number of hydrogen-bond acceptors (Lipinski definition) is 2. The first-order chi connectivity index (χ1) is 6.11. The Hall–Kier alpha value is -0.540. The highest BCUT2D eigenvalue weighted by Gasteiger charge is 2.39. The van der Waals surface area contributed by atoms with Crippen LogP contribution in [0.5, 0.6) is 0 Å². The topological polar surface area (TPSA) is 43.8 Å². The van der Waals surface area contributed by atoms with E-state index in [1.807, 2.05) is 11.6 Å². The van der Waals surface area contributed by atoms with Gasteiger partial charge in [-0.3, -0.25) is 0 Å². The average Bonchev–Trinajstić information content (AvgIpc) is 2.73. The first-order valence-electron chi connectivity index (χ1n) is 4.54. The summed E-state index contributed by atoms with van der Waals surface area (Å²) in [5.74, 6) is 1.37. The van der Waals surface area contributed by atoms with Crippen LogP contribution in [0.4, 0.5) is 0 Å². The van der Waals surface area contributed by atoms with E-state index in [-0.39, 0.29) is 6.04 Å². The fourth-order valence-electron chi connectivity index (χ4n) is 1.78. The third kappa shape index (κ3) is 1.46. The van der Waals surface area contributed by atoms with E-state index in [2.05, 4.69) is 11.9 Å². The fourth-order valence-corrected chi connectivity index (χ4v) is 1.93. The molecule has 0 aliphatic heterocycles. The van der Waals surface area contributed by atoms with Gasteiger partial charge in [-0.1, -0.05) is 6.92 Å². The molecule has 2 rings (SSSR count). The molecule has 3 nitrogen and oxygen atoms in total. The molecule has 3 unspecified atom stereocenters. The molecular weight excluding hydrogens is 186 g/mol. The maximum absolute atomic E-state index is 6.09. The molecular formula is C9H14ClN3. The van der Waals surface area contributed by atoms with E-state index in [4.69, 9.17) is 17.3 Å². The van der Waals surface area contributed by atoms with Crippen molar-refractivity contribution in [3.8, 4) is 0 Å². The van der Waals surface area contributed by atoms with Gasteiger partial charge in [0, 0.05) is 13.1 Å². The summed E-state index contributed by atoms with van der Waals surface area (Å²) in [7, 11) is 1.90. The summed E-state index contributed by atoms with van der Waals surface area (Å²) in [5.41, 5.74) is 7.13. The summed E-state index contributed by atoms with van der Waals surface area (Å²) in [4.78, 5) is 4.02. The molecule has 2 N–H and O–H groups in total. The highest BCUT2D eigenvalue weighted by Crippen LogP contribution is 2.45. The molecule has 13 heavy (non-hydrogen) atoms. The van der Waals surface area contributed by atoms with Crippen molar-refractivity contribution in [3.63, 3.8) is 0 Å². The van der Waals surface area contributed by atoms with Crippen LogP contribution in [-0.4, -0.2) is 9.55 Å². The normalized spacial score (nSPS) is 28.9. The maximum Gasteiger partial charge on any atom is 0.202 e. The summed E-state index contributed by atoms with van der Waals surface area (Å²) < 4.78 is 1.86. The number of imidazole rings is 1. The molecule has 1 aliphatic rings. The predicted octanol–water partition coefficient (Wildman–Crippen LogP) is 1.73. The highest BCUT2D eigenvalue weighted by atomic mass is 35.5. The molecule has 1 fully saturated rings. The van der Waals surface area contributed by atoms with Gasteiger partial charge in [0.25, 0.3) is 0 Å². The van der Waals surface area contributed by atoms with Gasteiger partial charge >= 0.3 is 0 Å². The van der Waals surface area contributed by atoms with Gasteiger partial charge < -0.3 is 10.3 Å². The van der Waals surface area contributed by atoms with Crippen molar-refractivity contribution in [1.82, 2.24) is 9.55 Å². The summed E-state index contributed by atoms with van der Waals surface area (Å²) in [6, 6.07) is 0.0972. The highest BCUT2D eigenvalue weighted by molar-refractivity contribution is 6.28. The van der Waals surface area contributed by atoms with Crippen LogP contribution < -0.4 is 5.73 Å². The van der Waals surface area contributed by atoms with Crippen molar-refractivity contribution in [3.05, 3.63) is 17.2 Å². The molecule has 0 spiro atoms. The van der Waals surface area contributed by atoms with Gasteiger partial charge in [0.1, 0.15) is 0 Å². The third-order valence-corrected chi connectivity index (χ3v) is 3.29. The Morgan fingerprint density at radius 1 is 1.77 bits per heavy atom. The summed E-state index contributed by atoms with van der Waals surface area (Å²) in [5, 5.41) is 0.513. The van der Waals surface area contributed by atoms with E-state index >= 15 is 0 Å². The van der Waals surface area contributed by atoms with E-state index in [1.54, 1.807) is 6.20 Å². The first kappa shape index (κ1) is 9.03. The molecule has 0 aromatic carbocycles. The van der Waals surface area contributed by atoms with Crippen LogP contribution in [0.1, 0.15) is 25.1 Å². The quantitative estimate of drug-likeness (QED) is 0.789. The lowest BCUT2D eigenvalue weighted by molar-refractivity contribution is 0.559. The minimum Gasteiger partial charge on any atom is -0.322 e. The van der Waals surface area contributed by atoms with Gasteiger partial charge in [-0.15, -0.1) is 0 Å². The molecule has 1 aromatic rings. The number of aromatic nitrogens is 2. The molecule has 1 aliphatic carbocycles. The second-order valence-electron chi connectivity index (χ2n) is 3.91. The maximum atomic E-state index is 6.09. The molecule has 1 aromatic heterocycles. The molecule has 1 heterocycles. The molecule has 0 amide bonds. The van der Waals surface area contributed by atoms with Crippen LogP contribution in [0.2, 0.25) is 5.28 Å². The van der Waals surface area contributed by atoms with Gasteiger partial charge in [-0.2, -0.15) is 0 Å². The number of hydrogen-bond donors (Lipinski definition) is 1. The second-order valence-corrected chi connectivity index (χ2v) is 4.25.